The summed E-state index contributed by atoms with van der Waals surface area (Å²) in [4.78, 5) is 24.0. The zero-order valence-corrected chi connectivity index (χ0v) is 17.1. The van der Waals surface area contributed by atoms with E-state index in [-0.39, 0.29) is 18.9 Å². The maximum Gasteiger partial charge on any atom is 0.319 e. The first-order chi connectivity index (χ1) is 13.9. The van der Waals surface area contributed by atoms with Crippen molar-refractivity contribution in [3.05, 3.63) is 48.0 Å². The number of primary amides is 1. The van der Waals surface area contributed by atoms with E-state index in [9.17, 15) is 14.7 Å². The van der Waals surface area contributed by atoms with Crippen LogP contribution in [0.25, 0.3) is 0 Å². The van der Waals surface area contributed by atoms with Crippen LogP contribution < -0.4 is 25.8 Å². The number of nitrogens with two attached hydrogens (primary N) is 1. The fraction of sp³-hybridized carbons (Fsp3) is 0.300. The van der Waals surface area contributed by atoms with Crippen molar-refractivity contribution >= 4 is 29.4 Å². The smallest absolute Gasteiger partial charge is 0.319 e. The summed E-state index contributed by atoms with van der Waals surface area (Å²) in [7, 11) is 3.04. The van der Waals surface area contributed by atoms with Crippen molar-refractivity contribution in [2.75, 3.05) is 31.8 Å². The minimum Gasteiger partial charge on any atom is -0.497 e. The fourth-order valence-electron chi connectivity index (χ4n) is 2.52. The van der Waals surface area contributed by atoms with E-state index >= 15 is 0 Å². The molecule has 1 atom stereocenters. The summed E-state index contributed by atoms with van der Waals surface area (Å²) in [5.74, 6) is 1.22. The molecule has 3 amide bonds. The molecular weight excluding hydrogens is 394 g/mol. The molecule has 0 saturated heterocycles. The third-order valence-corrected chi connectivity index (χ3v) is 5.07. The molecule has 0 aromatic heterocycles. The maximum atomic E-state index is 12.3. The molecule has 0 bridgehead atoms. The largest absolute Gasteiger partial charge is 0.497 e. The minimum absolute atomic E-state index is 0.0215. The van der Waals surface area contributed by atoms with Crippen molar-refractivity contribution in [3.8, 4) is 11.5 Å². The van der Waals surface area contributed by atoms with Gasteiger partial charge in [0, 0.05) is 29.2 Å². The van der Waals surface area contributed by atoms with Crippen LogP contribution in [0.2, 0.25) is 0 Å². The van der Waals surface area contributed by atoms with E-state index in [2.05, 4.69) is 10.6 Å². The number of rotatable bonds is 10. The summed E-state index contributed by atoms with van der Waals surface area (Å²) in [5.41, 5.74) is 6.27. The average molecular weight is 420 g/mol. The van der Waals surface area contributed by atoms with E-state index in [1.165, 1.54) is 26.0 Å². The highest BCUT2D eigenvalue weighted by atomic mass is 32.2. The van der Waals surface area contributed by atoms with Crippen LogP contribution in [0.5, 0.6) is 11.5 Å². The second kappa shape index (κ2) is 11.2. The van der Waals surface area contributed by atoms with Gasteiger partial charge in [0.2, 0.25) is 5.91 Å². The highest BCUT2D eigenvalue weighted by Gasteiger charge is 2.16. The molecule has 1 unspecified atom stereocenters. The lowest BCUT2D eigenvalue weighted by molar-refractivity contribution is -0.117. The normalized spacial score (nSPS) is 11.4. The number of benzene rings is 2. The van der Waals surface area contributed by atoms with Gasteiger partial charge < -0.3 is 30.9 Å². The van der Waals surface area contributed by atoms with E-state index in [1.54, 1.807) is 30.3 Å². The molecule has 0 aliphatic heterocycles. The molecule has 5 N–H and O–H groups in total. The Morgan fingerprint density at radius 1 is 1.17 bits per heavy atom. The molecule has 156 valence electrons. The van der Waals surface area contributed by atoms with Crippen LogP contribution in [-0.4, -0.2) is 43.6 Å². The van der Waals surface area contributed by atoms with Crippen LogP contribution in [0.1, 0.15) is 18.1 Å². The minimum atomic E-state index is -0.981. The van der Waals surface area contributed by atoms with Gasteiger partial charge in [-0.1, -0.05) is 12.1 Å². The Morgan fingerprint density at radius 3 is 2.62 bits per heavy atom. The first-order valence-electron chi connectivity index (χ1n) is 8.89. The number of thioether (sulfide) groups is 1. The van der Waals surface area contributed by atoms with Crippen LogP contribution in [0, 0.1) is 0 Å². The lowest BCUT2D eigenvalue weighted by Gasteiger charge is -2.17. The van der Waals surface area contributed by atoms with Crippen LogP contribution in [0.3, 0.4) is 0 Å². The third-order valence-electron chi connectivity index (χ3n) is 3.99. The fourth-order valence-corrected chi connectivity index (χ4v) is 3.50. The Hall–Kier alpha value is -2.91. The Labute approximate surface area is 173 Å². The number of nitrogens with one attached hydrogen (secondary N) is 2. The number of para-hydroxylation sites is 1. The molecule has 2 rings (SSSR count). The van der Waals surface area contributed by atoms with E-state index in [4.69, 9.17) is 15.2 Å². The second-order valence-electron chi connectivity index (χ2n) is 6.02. The van der Waals surface area contributed by atoms with Gasteiger partial charge in [0.05, 0.1) is 19.9 Å². The maximum absolute atomic E-state index is 12.3. The van der Waals surface area contributed by atoms with Crippen molar-refractivity contribution in [1.82, 2.24) is 5.32 Å². The molecule has 0 spiro atoms. The molecule has 2 aromatic rings. The SMILES string of the molecule is COc1ccc(OC)c(C(O)CNC(=O)Nc2ccccc2SCCC(N)=O)c1. The molecule has 29 heavy (non-hydrogen) atoms. The van der Waals surface area contributed by atoms with Crippen molar-refractivity contribution in [3.63, 3.8) is 0 Å². The monoisotopic (exact) mass is 419 g/mol. The Bertz CT molecular complexity index is 847. The predicted octanol–water partition coefficient (Wildman–Crippen LogP) is 2.53. The van der Waals surface area contributed by atoms with E-state index < -0.39 is 12.1 Å². The second-order valence-corrected chi connectivity index (χ2v) is 7.16. The van der Waals surface area contributed by atoms with Gasteiger partial charge in [-0.3, -0.25) is 4.79 Å². The molecule has 0 aliphatic rings. The van der Waals surface area contributed by atoms with Crippen molar-refractivity contribution in [2.45, 2.75) is 17.4 Å². The van der Waals surface area contributed by atoms with E-state index in [0.29, 0.717) is 28.5 Å². The van der Waals surface area contributed by atoms with Gasteiger partial charge in [0.1, 0.15) is 17.6 Å². The molecule has 8 nitrogen and oxygen atoms in total. The number of carbonyl (C=O) groups excluding carboxylic acids is 2. The predicted molar refractivity (Wildman–Crippen MR) is 113 cm³/mol. The first kappa shape index (κ1) is 22.4. The summed E-state index contributed by atoms with van der Waals surface area (Å²) in [5, 5.41) is 15.9. The molecule has 0 saturated carbocycles. The Morgan fingerprint density at radius 2 is 1.93 bits per heavy atom. The molecule has 0 radical (unpaired) electrons. The van der Waals surface area contributed by atoms with Gasteiger partial charge in [-0.2, -0.15) is 0 Å². The van der Waals surface area contributed by atoms with Gasteiger partial charge in [0.15, 0.2) is 0 Å². The van der Waals surface area contributed by atoms with Gasteiger partial charge in [0.25, 0.3) is 0 Å². The lowest BCUT2D eigenvalue weighted by atomic mass is 10.1. The van der Waals surface area contributed by atoms with Crippen LogP contribution in [0.4, 0.5) is 10.5 Å². The third kappa shape index (κ3) is 6.88. The van der Waals surface area contributed by atoms with Gasteiger partial charge in [-0.15, -0.1) is 11.8 Å². The zero-order valence-electron chi connectivity index (χ0n) is 16.3. The number of amides is 3. The number of anilines is 1. The number of hydrogen-bond donors (Lipinski definition) is 4. The topological polar surface area (TPSA) is 123 Å². The van der Waals surface area contributed by atoms with Gasteiger partial charge in [-0.05, 0) is 30.3 Å². The van der Waals surface area contributed by atoms with Gasteiger partial charge >= 0.3 is 6.03 Å². The van der Waals surface area contributed by atoms with Crippen molar-refractivity contribution in [1.29, 1.82) is 0 Å². The van der Waals surface area contributed by atoms with Crippen LogP contribution in [-0.2, 0) is 4.79 Å². The molecule has 0 aliphatic carbocycles. The number of urea groups is 1. The lowest BCUT2D eigenvalue weighted by Crippen LogP contribution is -2.32. The summed E-state index contributed by atoms with van der Waals surface area (Å²) >= 11 is 1.42. The number of aliphatic hydroxyl groups excluding tert-OH is 1. The standard InChI is InChI=1S/C20H25N3O5S/c1-27-13-7-8-17(28-2)14(11-13)16(24)12-22-20(26)23-15-5-3-4-6-18(15)29-10-9-19(21)25/h3-8,11,16,24H,9-10,12H2,1-2H3,(H2,21,25)(H2,22,23,26). The number of ether oxygens (including phenoxy) is 2. The molecule has 0 heterocycles. The highest BCUT2D eigenvalue weighted by Crippen LogP contribution is 2.29. The zero-order chi connectivity index (χ0) is 21.2. The van der Waals surface area contributed by atoms with Crippen molar-refractivity contribution in [2.24, 2.45) is 5.73 Å². The van der Waals surface area contributed by atoms with E-state index in [0.717, 1.165) is 4.90 Å². The van der Waals surface area contributed by atoms with Crippen LogP contribution in [0.15, 0.2) is 47.4 Å². The molecule has 0 fully saturated rings. The Balaban J connectivity index is 1.96. The number of hydrogen-bond acceptors (Lipinski definition) is 6. The van der Waals surface area contributed by atoms with Gasteiger partial charge in [-0.25, -0.2) is 4.79 Å². The Kier molecular flexibility index (Phi) is 8.63. The molecule has 9 heteroatoms. The quantitative estimate of drug-likeness (QED) is 0.439. The van der Waals surface area contributed by atoms with Crippen LogP contribution >= 0.6 is 11.8 Å². The van der Waals surface area contributed by atoms with Crippen molar-refractivity contribution < 1.29 is 24.2 Å². The number of carbonyl (C=O) groups is 2. The summed E-state index contributed by atoms with van der Waals surface area (Å²) in [6.45, 7) is -0.0215. The highest BCUT2D eigenvalue weighted by molar-refractivity contribution is 7.99. The number of aliphatic hydroxyl groups is 1. The average Bonchev–Trinajstić information content (AvgIpc) is 2.72. The first-order valence-corrected chi connectivity index (χ1v) is 9.88. The number of methoxy groups -OCH3 is 2. The van der Waals surface area contributed by atoms with E-state index in [1.807, 2.05) is 12.1 Å². The molecule has 2 aromatic carbocycles. The summed E-state index contributed by atoms with van der Waals surface area (Å²) in [6.07, 6.45) is -0.731. The summed E-state index contributed by atoms with van der Waals surface area (Å²) < 4.78 is 10.4. The molecular formula is C20H25N3O5S. The summed E-state index contributed by atoms with van der Waals surface area (Å²) in [6, 6.07) is 11.9.